The van der Waals surface area contributed by atoms with Gasteiger partial charge in [-0.3, -0.25) is 0 Å². The van der Waals surface area contributed by atoms with Crippen LogP contribution in [0.25, 0.3) is 28.2 Å². The maximum absolute atomic E-state index is 13.3. The molecule has 0 atom stereocenters. The smallest absolute Gasteiger partial charge is 0.341 e. The average Bonchev–Trinajstić information content (AvgIpc) is 2.66. The van der Waals surface area contributed by atoms with Gasteiger partial charge in [-0.15, -0.1) is 0 Å². The molecule has 0 saturated carbocycles. The summed E-state index contributed by atoms with van der Waals surface area (Å²) in [5, 5.41) is 5.94. The summed E-state index contributed by atoms with van der Waals surface area (Å²) in [7, 11) is 0. The van der Waals surface area contributed by atoms with Gasteiger partial charge in [-0.2, -0.15) is 13.2 Å². The van der Waals surface area contributed by atoms with Crippen LogP contribution in [0.5, 0.6) is 0 Å². The molecule has 0 bridgehead atoms. The maximum atomic E-state index is 13.3. The fourth-order valence-electron chi connectivity index (χ4n) is 3.19. The van der Waals surface area contributed by atoms with Crippen LogP contribution in [0.4, 0.5) is 19.0 Å². The Bertz CT molecular complexity index is 1150. The van der Waals surface area contributed by atoms with Crippen molar-refractivity contribution >= 4 is 11.5 Å². The summed E-state index contributed by atoms with van der Waals surface area (Å²) < 4.78 is 39.8. The molecule has 146 valence electrons. The summed E-state index contributed by atoms with van der Waals surface area (Å²) in [6.45, 7) is 9.68. The van der Waals surface area contributed by atoms with Crippen LogP contribution >= 0.6 is 0 Å². The average molecular weight is 394 g/mol. The van der Waals surface area contributed by atoms with Gasteiger partial charge in [0.25, 0.3) is 0 Å². The number of fused-ring (bicyclic) bond motifs is 1. The number of anilines is 1. The third-order valence-electron chi connectivity index (χ3n) is 4.51. The molecule has 4 nitrogen and oxygen atoms in total. The first-order chi connectivity index (χ1) is 13.7. The largest absolute Gasteiger partial charge is 0.416 e. The number of rotatable bonds is 2. The first kappa shape index (κ1) is 18.7. The number of alkyl halides is 3. The molecule has 1 aliphatic heterocycles. The molecule has 0 aliphatic carbocycles. The van der Waals surface area contributed by atoms with Crippen molar-refractivity contribution < 1.29 is 13.2 Å². The van der Waals surface area contributed by atoms with Crippen LogP contribution in [0.2, 0.25) is 0 Å². The molecule has 4 rings (SSSR count). The van der Waals surface area contributed by atoms with E-state index in [2.05, 4.69) is 33.8 Å². The van der Waals surface area contributed by atoms with Gasteiger partial charge in [-0.1, -0.05) is 49.1 Å². The molecule has 0 amide bonds. The minimum atomic E-state index is -4.45. The lowest BCUT2D eigenvalue weighted by Gasteiger charge is -2.24. The second kappa shape index (κ2) is 6.77. The summed E-state index contributed by atoms with van der Waals surface area (Å²) >= 11 is 0. The molecular weight excluding hydrogens is 377 g/mol. The van der Waals surface area contributed by atoms with Gasteiger partial charge in [-0.05, 0) is 25.1 Å². The highest BCUT2D eigenvalue weighted by molar-refractivity contribution is 5.84. The van der Waals surface area contributed by atoms with E-state index in [9.17, 15) is 13.2 Å². The van der Waals surface area contributed by atoms with Crippen molar-refractivity contribution in [1.82, 2.24) is 15.3 Å². The Morgan fingerprint density at radius 1 is 0.828 bits per heavy atom. The second-order valence-corrected chi connectivity index (χ2v) is 6.77. The van der Waals surface area contributed by atoms with E-state index in [0.717, 1.165) is 23.3 Å². The molecule has 2 heterocycles. The molecule has 0 spiro atoms. The normalized spacial score (nSPS) is 13.5. The van der Waals surface area contributed by atoms with E-state index in [1.165, 1.54) is 6.07 Å². The van der Waals surface area contributed by atoms with Crippen LogP contribution in [0.15, 0.2) is 67.5 Å². The Kier molecular flexibility index (Phi) is 4.38. The molecule has 3 aromatic rings. The number of hydrogen-bond donors (Lipinski definition) is 2. The summed E-state index contributed by atoms with van der Waals surface area (Å²) in [5.41, 5.74) is 3.06. The van der Waals surface area contributed by atoms with E-state index in [-0.39, 0.29) is 0 Å². The van der Waals surface area contributed by atoms with Gasteiger partial charge in [0.05, 0.1) is 22.6 Å². The lowest BCUT2D eigenvalue weighted by Crippen LogP contribution is -2.25. The van der Waals surface area contributed by atoms with Crippen LogP contribution in [0, 0.1) is 6.92 Å². The Labute approximate surface area is 165 Å². The van der Waals surface area contributed by atoms with Gasteiger partial charge in [0.1, 0.15) is 11.5 Å². The molecule has 0 radical (unpaired) electrons. The van der Waals surface area contributed by atoms with Crippen molar-refractivity contribution in [3.63, 3.8) is 0 Å². The van der Waals surface area contributed by atoms with Gasteiger partial charge >= 0.3 is 6.18 Å². The van der Waals surface area contributed by atoms with Gasteiger partial charge in [0, 0.05) is 11.1 Å². The highest BCUT2D eigenvalue weighted by atomic mass is 19.4. The first-order valence-corrected chi connectivity index (χ1v) is 8.81. The molecule has 1 aromatic heterocycles. The molecule has 1 aliphatic rings. The van der Waals surface area contributed by atoms with Crippen molar-refractivity contribution in [2.75, 3.05) is 5.32 Å². The highest BCUT2D eigenvalue weighted by Gasteiger charge is 2.31. The predicted octanol–water partition coefficient (Wildman–Crippen LogP) is 5.59. The summed E-state index contributed by atoms with van der Waals surface area (Å²) in [6, 6.07) is 12.7. The molecule has 2 N–H and O–H groups in total. The van der Waals surface area contributed by atoms with Crippen molar-refractivity contribution in [3.8, 4) is 22.5 Å². The number of nitrogens with zero attached hydrogens (tertiary/aromatic N) is 2. The third kappa shape index (κ3) is 3.59. The van der Waals surface area contributed by atoms with E-state index < -0.39 is 11.7 Å². The van der Waals surface area contributed by atoms with Crippen molar-refractivity contribution in [2.24, 2.45) is 0 Å². The molecule has 29 heavy (non-hydrogen) atoms. The molecule has 0 unspecified atom stereocenters. The Morgan fingerprint density at radius 2 is 1.48 bits per heavy atom. The molecule has 0 saturated heterocycles. The van der Waals surface area contributed by atoms with E-state index in [1.807, 2.05) is 31.2 Å². The minimum absolute atomic E-state index is 0.323. The number of aromatic nitrogens is 2. The van der Waals surface area contributed by atoms with Crippen LogP contribution < -0.4 is 10.6 Å². The number of halogens is 3. The third-order valence-corrected chi connectivity index (χ3v) is 4.51. The van der Waals surface area contributed by atoms with Gasteiger partial charge in [0.2, 0.25) is 0 Å². The van der Waals surface area contributed by atoms with Crippen LogP contribution in [0.1, 0.15) is 16.8 Å². The van der Waals surface area contributed by atoms with Crippen LogP contribution in [-0.4, -0.2) is 9.97 Å². The van der Waals surface area contributed by atoms with Crippen molar-refractivity contribution in [1.29, 1.82) is 0 Å². The quantitative estimate of drug-likeness (QED) is 0.595. The predicted molar refractivity (Wildman–Crippen MR) is 108 cm³/mol. The lowest BCUT2D eigenvalue weighted by molar-refractivity contribution is -0.137. The van der Waals surface area contributed by atoms with Crippen LogP contribution in [-0.2, 0) is 6.18 Å². The Balaban J connectivity index is 1.98. The second-order valence-electron chi connectivity index (χ2n) is 6.77. The monoisotopic (exact) mass is 394 g/mol. The van der Waals surface area contributed by atoms with E-state index in [1.54, 1.807) is 6.07 Å². The highest BCUT2D eigenvalue weighted by Crippen LogP contribution is 2.37. The summed E-state index contributed by atoms with van der Waals surface area (Å²) in [5.74, 6) is 0.949. The molecule has 7 heteroatoms. The maximum Gasteiger partial charge on any atom is 0.416 e. The number of hydrogen-bond acceptors (Lipinski definition) is 4. The summed E-state index contributed by atoms with van der Waals surface area (Å²) in [6.07, 6.45) is -4.45. The van der Waals surface area contributed by atoms with E-state index in [4.69, 9.17) is 0 Å². The fraction of sp³-hybridized carbons (Fsp3) is 0.0909. The molecular formula is C22H17F3N4. The zero-order valence-electron chi connectivity index (χ0n) is 15.6. The van der Waals surface area contributed by atoms with Crippen molar-refractivity contribution in [3.05, 3.63) is 84.3 Å². The summed E-state index contributed by atoms with van der Waals surface area (Å²) in [4.78, 5) is 9.31. The SMILES string of the molecule is C=C1NC(=C)c2nc(-c3cccc(C(F)(F)F)c3)c(-c3cccc(C)c3)nc2N1. The topological polar surface area (TPSA) is 49.8 Å². The molecule has 2 aromatic carbocycles. The van der Waals surface area contributed by atoms with Crippen molar-refractivity contribution in [2.45, 2.75) is 13.1 Å². The van der Waals surface area contributed by atoms with Gasteiger partial charge in [0.15, 0.2) is 5.82 Å². The lowest BCUT2D eigenvalue weighted by atomic mass is 10.0. The first-order valence-electron chi connectivity index (χ1n) is 8.81. The van der Waals surface area contributed by atoms with Crippen LogP contribution in [0.3, 0.4) is 0 Å². The fourth-order valence-corrected chi connectivity index (χ4v) is 3.19. The number of nitrogens with one attached hydrogen (secondary N) is 2. The standard InChI is InChI=1S/C22H17F3N4/c1-12-6-4-7-15(10-12)20-19(16-8-5-9-17(11-16)22(23,24)25)28-18-13(2)26-14(3)27-21(18)29-20/h4-11,26H,2-3H2,1H3,(H,27,29). The number of aryl methyl sites for hydroxylation is 1. The number of benzene rings is 2. The minimum Gasteiger partial charge on any atom is -0.341 e. The van der Waals surface area contributed by atoms with Gasteiger partial charge in [-0.25, -0.2) is 9.97 Å². The Morgan fingerprint density at radius 3 is 2.17 bits per heavy atom. The Hall–Kier alpha value is -3.61. The van der Waals surface area contributed by atoms with E-state index in [0.29, 0.717) is 40.0 Å². The van der Waals surface area contributed by atoms with E-state index >= 15 is 0 Å². The zero-order valence-corrected chi connectivity index (χ0v) is 15.6. The zero-order chi connectivity index (χ0) is 20.8. The molecule has 0 fully saturated rings. The van der Waals surface area contributed by atoms with Gasteiger partial charge < -0.3 is 10.6 Å².